The molecular formula is C16H11F3N2. The molecule has 0 atom stereocenters. The molecule has 0 unspecified atom stereocenters. The molecule has 21 heavy (non-hydrogen) atoms. The molecule has 0 saturated heterocycles. The van der Waals surface area contributed by atoms with Gasteiger partial charge < -0.3 is 4.98 Å². The second-order valence-corrected chi connectivity index (χ2v) is 4.56. The summed E-state index contributed by atoms with van der Waals surface area (Å²) in [6, 6.07) is 12.8. The van der Waals surface area contributed by atoms with Crippen molar-refractivity contribution in [2.24, 2.45) is 4.99 Å². The number of nitrogens with one attached hydrogen (secondary N) is 1. The van der Waals surface area contributed by atoms with Crippen molar-refractivity contribution in [2.75, 3.05) is 0 Å². The summed E-state index contributed by atoms with van der Waals surface area (Å²) in [6.45, 7) is 0. The third-order valence-corrected chi connectivity index (χ3v) is 3.17. The zero-order valence-electron chi connectivity index (χ0n) is 10.9. The minimum absolute atomic E-state index is 0.0877. The van der Waals surface area contributed by atoms with E-state index in [0.29, 0.717) is 0 Å². The van der Waals surface area contributed by atoms with Gasteiger partial charge >= 0.3 is 6.18 Å². The lowest BCUT2D eigenvalue weighted by Crippen LogP contribution is -2.04. The molecule has 1 N–H and O–H groups in total. The van der Waals surface area contributed by atoms with Gasteiger partial charge in [0, 0.05) is 28.9 Å². The van der Waals surface area contributed by atoms with E-state index in [-0.39, 0.29) is 5.69 Å². The van der Waals surface area contributed by atoms with Crippen molar-refractivity contribution in [1.29, 1.82) is 0 Å². The van der Waals surface area contributed by atoms with Gasteiger partial charge in [0.1, 0.15) is 0 Å². The number of rotatable bonds is 2. The number of para-hydroxylation sites is 2. The lowest BCUT2D eigenvalue weighted by Gasteiger charge is -2.08. The van der Waals surface area contributed by atoms with E-state index >= 15 is 0 Å². The predicted octanol–water partition coefficient (Wildman–Crippen LogP) is 4.94. The normalized spacial score (nSPS) is 12.3. The highest BCUT2D eigenvalue weighted by molar-refractivity contribution is 5.99. The zero-order valence-corrected chi connectivity index (χ0v) is 10.9. The molecule has 0 aliphatic heterocycles. The fourth-order valence-corrected chi connectivity index (χ4v) is 2.17. The molecule has 0 amide bonds. The van der Waals surface area contributed by atoms with Gasteiger partial charge in [0.05, 0.1) is 11.3 Å². The minimum atomic E-state index is -4.41. The van der Waals surface area contributed by atoms with Gasteiger partial charge in [-0.1, -0.05) is 30.3 Å². The number of alkyl halides is 3. The Balaban J connectivity index is 2.01. The van der Waals surface area contributed by atoms with Crippen LogP contribution in [0.15, 0.2) is 59.7 Å². The van der Waals surface area contributed by atoms with Crippen LogP contribution in [0.1, 0.15) is 11.1 Å². The van der Waals surface area contributed by atoms with Gasteiger partial charge in [-0.15, -0.1) is 0 Å². The number of fused-ring (bicyclic) bond motifs is 1. The maximum atomic E-state index is 12.9. The van der Waals surface area contributed by atoms with Crippen molar-refractivity contribution >= 4 is 22.8 Å². The van der Waals surface area contributed by atoms with Gasteiger partial charge in [-0.2, -0.15) is 13.2 Å². The van der Waals surface area contributed by atoms with Crippen LogP contribution in [-0.4, -0.2) is 11.2 Å². The molecule has 0 aliphatic rings. The molecule has 5 heteroatoms. The summed E-state index contributed by atoms with van der Waals surface area (Å²) in [5.74, 6) is 0. The number of hydrogen-bond acceptors (Lipinski definition) is 1. The number of H-pyrrole nitrogens is 1. The van der Waals surface area contributed by atoms with Gasteiger partial charge in [-0.05, 0) is 18.2 Å². The van der Waals surface area contributed by atoms with Crippen molar-refractivity contribution in [3.05, 3.63) is 65.9 Å². The number of halogens is 3. The number of aromatic amines is 1. The van der Waals surface area contributed by atoms with E-state index in [1.165, 1.54) is 24.4 Å². The van der Waals surface area contributed by atoms with Crippen molar-refractivity contribution in [3.63, 3.8) is 0 Å². The molecule has 0 radical (unpaired) electrons. The standard InChI is InChI=1S/C16H11F3N2/c17-16(18,19)13-6-2-4-8-15(13)21-10-11-9-20-14-7-3-1-5-12(11)14/h1-10,20H. The molecule has 0 aliphatic carbocycles. The summed E-state index contributed by atoms with van der Waals surface area (Å²) < 4.78 is 38.7. The molecule has 0 fully saturated rings. The molecule has 2 nitrogen and oxygen atoms in total. The Bertz CT molecular complexity index is 800. The molecule has 3 rings (SSSR count). The Morgan fingerprint density at radius 3 is 2.48 bits per heavy atom. The highest BCUT2D eigenvalue weighted by atomic mass is 19.4. The van der Waals surface area contributed by atoms with Crippen LogP contribution >= 0.6 is 0 Å². The van der Waals surface area contributed by atoms with Crippen molar-refractivity contribution in [3.8, 4) is 0 Å². The average molecular weight is 288 g/mol. The molecule has 0 spiro atoms. The first-order valence-electron chi connectivity index (χ1n) is 6.32. The first-order valence-corrected chi connectivity index (χ1v) is 6.32. The van der Waals surface area contributed by atoms with E-state index in [1.54, 1.807) is 6.20 Å². The van der Waals surface area contributed by atoms with E-state index in [4.69, 9.17) is 0 Å². The number of benzene rings is 2. The lowest BCUT2D eigenvalue weighted by molar-refractivity contribution is -0.137. The fourth-order valence-electron chi connectivity index (χ4n) is 2.17. The average Bonchev–Trinajstić information content (AvgIpc) is 2.88. The van der Waals surface area contributed by atoms with E-state index < -0.39 is 11.7 Å². The summed E-state index contributed by atoms with van der Waals surface area (Å²) >= 11 is 0. The number of hydrogen-bond donors (Lipinski definition) is 1. The predicted molar refractivity (Wildman–Crippen MR) is 77.0 cm³/mol. The van der Waals surface area contributed by atoms with Gasteiger partial charge in [0.25, 0.3) is 0 Å². The third kappa shape index (κ3) is 2.67. The fraction of sp³-hybridized carbons (Fsp3) is 0.0625. The molecule has 1 heterocycles. The van der Waals surface area contributed by atoms with Crippen LogP contribution in [0.25, 0.3) is 10.9 Å². The second kappa shape index (κ2) is 5.09. The zero-order chi connectivity index (χ0) is 14.9. The molecule has 0 saturated carbocycles. The molecule has 3 aromatic rings. The quantitative estimate of drug-likeness (QED) is 0.647. The number of aliphatic imine (C=N–C) groups is 1. The topological polar surface area (TPSA) is 28.1 Å². The van der Waals surface area contributed by atoms with Crippen molar-refractivity contribution in [2.45, 2.75) is 6.18 Å². The maximum absolute atomic E-state index is 12.9. The monoisotopic (exact) mass is 288 g/mol. The highest BCUT2D eigenvalue weighted by Crippen LogP contribution is 2.36. The Morgan fingerprint density at radius 1 is 0.952 bits per heavy atom. The van der Waals surface area contributed by atoms with Crippen LogP contribution in [0, 0.1) is 0 Å². The first-order chi connectivity index (χ1) is 10.1. The summed E-state index contributed by atoms with van der Waals surface area (Å²) in [4.78, 5) is 7.06. The van der Waals surface area contributed by atoms with Crippen LogP contribution in [0.3, 0.4) is 0 Å². The molecule has 0 bridgehead atoms. The lowest BCUT2D eigenvalue weighted by atomic mass is 10.1. The van der Waals surface area contributed by atoms with Crippen LogP contribution in [0.4, 0.5) is 18.9 Å². The molecule has 2 aromatic carbocycles. The Kier molecular flexibility index (Phi) is 3.25. The van der Waals surface area contributed by atoms with E-state index in [9.17, 15) is 13.2 Å². The van der Waals surface area contributed by atoms with Crippen molar-refractivity contribution < 1.29 is 13.2 Å². The third-order valence-electron chi connectivity index (χ3n) is 3.17. The Hall–Kier alpha value is -2.56. The van der Waals surface area contributed by atoms with Gasteiger partial charge in [-0.3, -0.25) is 4.99 Å². The largest absolute Gasteiger partial charge is 0.418 e. The first kappa shape index (κ1) is 13.4. The van der Waals surface area contributed by atoms with Crippen LogP contribution < -0.4 is 0 Å². The smallest absolute Gasteiger partial charge is 0.361 e. The summed E-state index contributed by atoms with van der Waals surface area (Å²) in [5.41, 5.74) is 0.849. The molecule has 1 aromatic heterocycles. The number of aromatic nitrogens is 1. The van der Waals surface area contributed by atoms with Gasteiger partial charge in [0.15, 0.2) is 0 Å². The maximum Gasteiger partial charge on any atom is 0.418 e. The van der Waals surface area contributed by atoms with Gasteiger partial charge in [0.2, 0.25) is 0 Å². The van der Waals surface area contributed by atoms with Crippen LogP contribution in [0.5, 0.6) is 0 Å². The van der Waals surface area contributed by atoms with Crippen LogP contribution in [0.2, 0.25) is 0 Å². The second-order valence-electron chi connectivity index (χ2n) is 4.56. The van der Waals surface area contributed by atoms with Gasteiger partial charge in [-0.25, -0.2) is 0 Å². The molecule has 106 valence electrons. The SMILES string of the molecule is FC(F)(F)c1ccccc1N=Cc1c[nH]c2ccccc12. The van der Waals surface area contributed by atoms with Crippen LogP contribution in [-0.2, 0) is 6.18 Å². The summed E-state index contributed by atoms with van der Waals surface area (Å²) in [5, 5.41) is 0.922. The van der Waals surface area contributed by atoms with E-state index in [2.05, 4.69) is 9.98 Å². The Morgan fingerprint density at radius 2 is 1.67 bits per heavy atom. The van der Waals surface area contributed by atoms with E-state index in [1.807, 2.05) is 24.3 Å². The summed E-state index contributed by atoms with van der Waals surface area (Å²) in [6.07, 6.45) is -1.23. The number of nitrogens with zero attached hydrogens (tertiary/aromatic N) is 1. The highest BCUT2D eigenvalue weighted by Gasteiger charge is 2.32. The Labute approximate surface area is 119 Å². The van der Waals surface area contributed by atoms with E-state index in [0.717, 1.165) is 22.5 Å². The minimum Gasteiger partial charge on any atom is -0.361 e. The molecular weight excluding hydrogens is 277 g/mol. The summed E-state index contributed by atoms with van der Waals surface area (Å²) in [7, 11) is 0. The van der Waals surface area contributed by atoms with Crippen molar-refractivity contribution in [1.82, 2.24) is 4.98 Å².